The predicted molar refractivity (Wildman–Crippen MR) is 119 cm³/mol. The van der Waals surface area contributed by atoms with E-state index in [1.807, 2.05) is 24.5 Å². The van der Waals surface area contributed by atoms with Gasteiger partial charge in [-0.05, 0) is 30.7 Å². The maximum absolute atomic E-state index is 13.1. The van der Waals surface area contributed by atoms with E-state index in [-0.39, 0.29) is 11.7 Å². The predicted octanol–water partition coefficient (Wildman–Crippen LogP) is 5.89. The molecule has 29 heavy (non-hydrogen) atoms. The van der Waals surface area contributed by atoms with Crippen molar-refractivity contribution in [2.45, 2.75) is 40.2 Å². The van der Waals surface area contributed by atoms with E-state index in [9.17, 15) is 9.59 Å². The summed E-state index contributed by atoms with van der Waals surface area (Å²) in [6.07, 6.45) is 1.59. The first kappa shape index (κ1) is 21.4. The summed E-state index contributed by atoms with van der Waals surface area (Å²) >= 11 is 12.8. The molecule has 0 atom stereocenters. The van der Waals surface area contributed by atoms with Gasteiger partial charge >= 0.3 is 0 Å². The number of hydrogen-bond acceptors (Lipinski definition) is 2. The van der Waals surface area contributed by atoms with Gasteiger partial charge in [0.2, 0.25) is 5.91 Å². The summed E-state index contributed by atoms with van der Waals surface area (Å²) in [6.45, 7) is 6.26. The number of benzene rings is 2. The van der Waals surface area contributed by atoms with Gasteiger partial charge in [-0.15, -0.1) is 0 Å². The van der Waals surface area contributed by atoms with Crippen LogP contribution in [0.1, 0.15) is 59.2 Å². The van der Waals surface area contributed by atoms with Crippen molar-refractivity contribution in [1.82, 2.24) is 4.57 Å². The first-order valence-electron chi connectivity index (χ1n) is 9.68. The van der Waals surface area contributed by atoms with Crippen LogP contribution in [0.2, 0.25) is 10.0 Å². The van der Waals surface area contributed by atoms with Crippen LogP contribution < -0.4 is 5.73 Å². The van der Waals surface area contributed by atoms with Crippen molar-refractivity contribution >= 4 is 45.8 Å². The molecule has 0 saturated heterocycles. The highest BCUT2D eigenvalue weighted by Gasteiger charge is 2.25. The van der Waals surface area contributed by atoms with Crippen molar-refractivity contribution < 1.29 is 9.59 Å². The van der Waals surface area contributed by atoms with Gasteiger partial charge in [-0.2, -0.15) is 0 Å². The molecule has 2 N–H and O–H groups in total. The second-order valence-electron chi connectivity index (χ2n) is 7.47. The fraction of sp³-hybridized carbons (Fsp3) is 0.304. The summed E-state index contributed by atoms with van der Waals surface area (Å²) < 4.78 is 2.05. The van der Waals surface area contributed by atoms with Crippen molar-refractivity contribution in [3.63, 3.8) is 0 Å². The van der Waals surface area contributed by atoms with E-state index in [1.165, 1.54) is 0 Å². The maximum atomic E-state index is 13.1. The van der Waals surface area contributed by atoms with Crippen molar-refractivity contribution in [2.24, 2.45) is 11.7 Å². The smallest absolute Gasteiger partial charge is 0.248 e. The number of carbonyl (C=O) groups is 2. The van der Waals surface area contributed by atoms with Gasteiger partial charge in [-0.3, -0.25) is 9.59 Å². The third-order valence-corrected chi connectivity index (χ3v) is 5.80. The first-order chi connectivity index (χ1) is 13.8. The summed E-state index contributed by atoms with van der Waals surface area (Å²) in [5.74, 6) is -0.581. The van der Waals surface area contributed by atoms with Crippen LogP contribution in [-0.2, 0) is 13.0 Å². The number of rotatable bonds is 7. The van der Waals surface area contributed by atoms with Gasteiger partial charge in [0, 0.05) is 43.7 Å². The van der Waals surface area contributed by atoms with E-state index < -0.39 is 5.91 Å². The summed E-state index contributed by atoms with van der Waals surface area (Å²) in [5, 5.41) is 1.94. The quantitative estimate of drug-likeness (QED) is 0.475. The number of Topliss-reactive ketones (excluding diaryl/α,β-unsaturated/α-hetero) is 1. The lowest BCUT2D eigenvalue weighted by Crippen LogP contribution is -2.13. The van der Waals surface area contributed by atoms with Gasteiger partial charge in [0.25, 0.3) is 0 Å². The van der Waals surface area contributed by atoms with E-state index in [2.05, 4.69) is 6.92 Å². The molecule has 0 bridgehead atoms. The Balaban J connectivity index is 2.35. The number of halogens is 2. The minimum absolute atomic E-state index is 0.0780. The molecule has 3 rings (SSSR count). The zero-order valence-corrected chi connectivity index (χ0v) is 18.3. The molecule has 0 radical (unpaired) electrons. The molecule has 1 aromatic heterocycles. The molecule has 1 heterocycles. The van der Waals surface area contributed by atoms with Crippen LogP contribution in [0.25, 0.3) is 10.9 Å². The Morgan fingerprint density at radius 1 is 1.10 bits per heavy atom. The zero-order chi connectivity index (χ0) is 21.3. The highest BCUT2D eigenvalue weighted by Crippen LogP contribution is 2.33. The van der Waals surface area contributed by atoms with Crippen molar-refractivity contribution in [3.05, 3.63) is 68.8 Å². The second-order valence-corrected chi connectivity index (χ2v) is 8.29. The molecule has 0 spiro atoms. The molecule has 4 nitrogen and oxygen atoms in total. The van der Waals surface area contributed by atoms with Gasteiger partial charge in [0.15, 0.2) is 5.78 Å². The van der Waals surface area contributed by atoms with Crippen LogP contribution in [0, 0.1) is 5.92 Å². The Morgan fingerprint density at radius 3 is 2.31 bits per heavy atom. The highest BCUT2D eigenvalue weighted by molar-refractivity contribution is 6.36. The summed E-state index contributed by atoms with van der Waals surface area (Å²) in [7, 11) is 0. The molecule has 1 amide bonds. The number of aromatic nitrogens is 1. The molecule has 3 aromatic rings. The van der Waals surface area contributed by atoms with Crippen LogP contribution in [0.3, 0.4) is 0 Å². The average Bonchev–Trinajstić information content (AvgIpc) is 2.96. The summed E-state index contributed by atoms with van der Waals surface area (Å²) in [6, 6.07) is 10.6. The van der Waals surface area contributed by atoms with Crippen LogP contribution in [0.15, 0.2) is 36.4 Å². The molecule has 0 aliphatic carbocycles. The molecule has 0 fully saturated rings. The van der Waals surface area contributed by atoms with Crippen molar-refractivity contribution in [2.75, 3.05) is 0 Å². The number of nitrogens with two attached hydrogens (primary N) is 1. The fourth-order valence-electron chi connectivity index (χ4n) is 3.64. The van der Waals surface area contributed by atoms with Gasteiger partial charge in [-0.1, -0.05) is 62.5 Å². The van der Waals surface area contributed by atoms with Gasteiger partial charge in [-0.25, -0.2) is 0 Å². The lowest BCUT2D eigenvalue weighted by atomic mass is 9.96. The largest absolute Gasteiger partial charge is 0.366 e. The monoisotopic (exact) mass is 430 g/mol. The lowest BCUT2D eigenvalue weighted by Gasteiger charge is -2.14. The minimum atomic E-state index is -0.510. The Morgan fingerprint density at radius 2 is 1.76 bits per heavy atom. The number of primary amides is 1. The van der Waals surface area contributed by atoms with E-state index in [0.717, 1.165) is 35.0 Å². The van der Waals surface area contributed by atoms with Gasteiger partial charge in [0.1, 0.15) is 0 Å². The second kappa shape index (κ2) is 8.60. The number of fused-ring (bicyclic) bond motifs is 1. The molecule has 152 valence electrons. The Kier molecular flexibility index (Phi) is 6.35. The number of hydrogen-bond donors (Lipinski definition) is 1. The molecule has 0 saturated carbocycles. The number of carbonyl (C=O) groups excluding carboxylic acids is 2. The van der Waals surface area contributed by atoms with E-state index in [4.69, 9.17) is 28.9 Å². The number of ketones is 1. The third kappa shape index (κ3) is 4.05. The fourth-order valence-corrected chi connectivity index (χ4v) is 4.15. The number of nitrogens with zero attached hydrogens (tertiary/aromatic N) is 1. The van der Waals surface area contributed by atoms with E-state index in [0.29, 0.717) is 27.7 Å². The Labute approximate surface area is 180 Å². The van der Waals surface area contributed by atoms with Gasteiger partial charge < -0.3 is 10.3 Å². The molecule has 0 aliphatic rings. The third-order valence-electron chi connectivity index (χ3n) is 5.09. The first-order valence-corrected chi connectivity index (χ1v) is 10.4. The normalized spacial score (nSPS) is 11.4. The molecule has 2 aromatic carbocycles. The van der Waals surface area contributed by atoms with Crippen LogP contribution >= 0.6 is 23.2 Å². The number of amides is 1. The molecular weight excluding hydrogens is 407 g/mol. The minimum Gasteiger partial charge on any atom is -0.366 e. The van der Waals surface area contributed by atoms with Crippen LogP contribution in [-0.4, -0.2) is 16.3 Å². The van der Waals surface area contributed by atoms with Gasteiger partial charge in [0.05, 0.1) is 12.1 Å². The molecule has 6 heteroatoms. The molecule has 0 unspecified atom stereocenters. The summed E-state index contributed by atoms with van der Waals surface area (Å²) in [5.41, 5.74) is 9.10. The van der Waals surface area contributed by atoms with Crippen molar-refractivity contribution in [1.29, 1.82) is 0 Å². The summed E-state index contributed by atoms with van der Waals surface area (Å²) in [4.78, 5) is 24.9. The Bertz CT molecular complexity index is 1080. The van der Waals surface area contributed by atoms with E-state index >= 15 is 0 Å². The SMILES string of the molecule is CCCc1c(C(=O)C(C)C)c2ccc(C(N)=O)cc2n1Cc1c(Cl)cccc1Cl. The Hall–Kier alpha value is -2.30. The van der Waals surface area contributed by atoms with Crippen LogP contribution in [0.4, 0.5) is 0 Å². The topological polar surface area (TPSA) is 65.1 Å². The van der Waals surface area contributed by atoms with Crippen LogP contribution in [0.5, 0.6) is 0 Å². The highest BCUT2D eigenvalue weighted by atomic mass is 35.5. The molecular formula is C23H24Cl2N2O2. The maximum Gasteiger partial charge on any atom is 0.248 e. The van der Waals surface area contributed by atoms with E-state index in [1.54, 1.807) is 30.3 Å². The standard InChI is InChI=1S/C23H24Cl2N2O2/c1-4-6-19-21(22(28)13(2)3)15-10-9-14(23(26)29)11-20(15)27(19)12-16-17(24)7-5-8-18(16)25/h5,7-11,13H,4,6,12H2,1-3H3,(H2,26,29). The van der Waals surface area contributed by atoms with Crippen molar-refractivity contribution in [3.8, 4) is 0 Å². The average molecular weight is 431 g/mol. The lowest BCUT2D eigenvalue weighted by molar-refractivity contribution is 0.0939. The zero-order valence-electron chi connectivity index (χ0n) is 16.8. The molecule has 0 aliphatic heterocycles.